The van der Waals surface area contributed by atoms with E-state index in [1.54, 1.807) is 41.7 Å². The number of carbonyl (C=O) groups excluding carboxylic acids is 1. The van der Waals surface area contributed by atoms with Crippen molar-refractivity contribution in [2.45, 2.75) is 33.0 Å². The predicted molar refractivity (Wildman–Crippen MR) is 133 cm³/mol. The number of carbonyl (C=O) groups is 1. The number of pyridine rings is 3. The van der Waals surface area contributed by atoms with E-state index in [1.807, 2.05) is 32.9 Å². The van der Waals surface area contributed by atoms with Crippen LogP contribution in [0.3, 0.4) is 0 Å². The van der Waals surface area contributed by atoms with Crippen molar-refractivity contribution in [1.82, 2.24) is 19.4 Å². The van der Waals surface area contributed by atoms with Crippen LogP contribution in [-0.2, 0) is 11.3 Å². The van der Waals surface area contributed by atoms with Crippen LogP contribution in [-0.4, -0.2) is 57.3 Å². The molecule has 0 N–H and O–H groups in total. The Morgan fingerprint density at radius 3 is 2.40 bits per heavy atom. The number of aromatic nitrogens is 3. The Morgan fingerprint density at radius 2 is 1.80 bits per heavy atom. The number of nitrogens with zero attached hydrogens (tertiary/aromatic N) is 5. The molecule has 0 unspecified atom stereocenters. The van der Waals surface area contributed by atoms with Crippen LogP contribution in [0.15, 0.2) is 59.8 Å². The molecule has 10 heteroatoms. The van der Waals surface area contributed by atoms with Crippen LogP contribution in [0, 0.1) is 0 Å². The first-order valence-corrected chi connectivity index (χ1v) is 11.7. The van der Waals surface area contributed by atoms with E-state index in [0.29, 0.717) is 48.3 Å². The van der Waals surface area contributed by atoms with Crippen molar-refractivity contribution in [3.63, 3.8) is 0 Å². The van der Waals surface area contributed by atoms with Crippen LogP contribution in [0.1, 0.15) is 26.5 Å². The molecule has 0 saturated carbocycles. The maximum atomic E-state index is 12.6. The van der Waals surface area contributed by atoms with E-state index >= 15 is 0 Å². The zero-order chi connectivity index (χ0) is 25.0. The molecule has 1 amide bonds. The van der Waals surface area contributed by atoms with Crippen molar-refractivity contribution >= 4 is 23.5 Å². The Kier molecular flexibility index (Phi) is 7.25. The van der Waals surface area contributed by atoms with Gasteiger partial charge in [-0.3, -0.25) is 14.3 Å². The lowest BCUT2D eigenvalue weighted by Gasteiger charge is -2.36. The smallest absolute Gasteiger partial charge is 0.410 e. The lowest BCUT2D eigenvalue weighted by molar-refractivity contribution is 0.0240. The number of piperazine rings is 1. The molecule has 9 nitrogen and oxygen atoms in total. The third-order valence-electron chi connectivity index (χ3n) is 5.33. The molecule has 0 radical (unpaired) electrons. The summed E-state index contributed by atoms with van der Waals surface area (Å²) in [5, 5.41) is 0.555. The average molecular weight is 498 g/mol. The molecule has 0 atom stereocenters. The number of hydrogen-bond acceptors (Lipinski definition) is 7. The Morgan fingerprint density at radius 1 is 1.03 bits per heavy atom. The summed E-state index contributed by atoms with van der Waals surface area (Å²) in [4.78, 5) is 37.4. The Balaban J connectivity index is 1.35. The van der Waals surface area contributed by atoms with Gasteiger partial charge in [0.1, 0.15) is 23.8 Å². The van der Waals surface area contributed by atoms with Gasteiger partial charge in [-0.2, -0.15) is 0 Å². The fraction of sp³-hybridized carbons (Fsp3) is 0.360. The molecule has 1 aliphatic heterocycles. The van der Waals surface area contributed by atoms with Gasteiger partial charge in [0.25, 0.3) is 5.56 Å². The summed E-state index contributed by atoms with van der Waals surface area (Å²) in [5.41, 5.74) is 0.622. The first-order chi connectivity index (χ1) is 16.7. The quantitative estimate of drug-likeness (QED) is 0.527. The van der Waals surface area contributed by atoms with E-state index in [2.05, 4.69) is 14.9 Å². The lowest BCUT2D eigenvalue weighted by Crippen LogP contribution is -2.50. The van der Waals surface area contributed by atoms with Gasteiger partial charge in [-0.05, 0) is 51.1 Å². The standard InChI is InChI=1S/C25H28ClN5O4/c1-25(2,3)35-24(33)30-12-10-29(11-13-30)22-7-6-20(16-28-22)31-9-8-21(14-23(31)32)34-17-19-5-4-18(26)15-27-19/h4-9,14-16H,10-13,17H2,1-3H3. The molecular weight excluding hydrogens is 470 g/mol. The van der Waals surface area contributed by atoms with Crippen molar-refractivity contribution in [2.75, 3.05) is 31.1 Å². The fourth-order valence-electron chi connectivity index (χ4n) is 3.57. The molecule has 4 rings (SSSR count). The second-order valence-corrected chi connectivity index (χ2v) is 9.59. The molecule has 1 fully saturated rings. The largest absolute Gasteiger partial charge is 0.487 e. The van der Waals surface area contributed by atoms with Gasteiger partial charge in [0.05, 0.1) is 22.6 Å². The van der Waals surface area contributed by atoms with Gasteiger partial charge >= 0.3 is 6.09 Å². The second kappa shape index (κ2) is 10.4. The molecule has 35 heavy (non-hydrogen) atoms. The second-order valence-electron chi connectivity index (χ2n) is 9.16. The van der Waals surface area contributed by atoms with Gasteiger partial charge in [-0.25, -0.2) is 9.78 Å². The van der Waals surface area contributed by atoms with E-state index in [9.17, 15) is 9.59 Å². The van der Waals surface area contributed by atoms with Gasteiger partial charge in [0.15, 0.2) is 0 Å². The van der Waals surface area contributed by atoms with Gasteiger partial charge in [-0.15, -0.1) is 0 Å². The third-order valence-corrected chi connectivity index (χ3v) is 5.56. The van der Waals surface area contributed by atoms with Crippen LogP contribution >= 0.6 is 11.6 Å². The minimum absolute atomic E-state index is 0.230. The van der Waals surface area contributed by atoms with Gasteiger partial charge in [-0.1, -0.05) is 11.6 Å². The summed E-state index contributed by atoms with van der Waals surface area (Å²) in [6.45, 7) is 8.24. The van der Waals surface area contributed by atoms with Gasteiger partial charge in [0.2, 0.25) is 0 Å². The maximum Gasteiger partial charge on any atom is 0.410 e. The molecule has 1 saturated heterocycles. The first-order valence-electron chi connectivity index (χ1n) is 11.3. The molecular formula is C25H28ClN5O4. The highest BCUT2D eigenvalue weighted by atomic mass is 35.5. The zero-order valence-corrected chi connectivity index (χ0v) is 20.7. The molecule has 4 heterocycles. The minimum Gasteiger partial charge on any atom is -0.487 e. The van der Waals surface area contributed by atoms with E-state index in [1.165, 1.54) is 10.6 Å². The monoisotopic (exact) mass is 497 g/mol. The Labute approximate surface area is 208 Å². The minimum atomic E-state index is -0.512. The highest BCUT2D eigenvalue weighted by Gasteiger charge is 2.26. The summed E-state index contributed by atoms with van der Waals surface area (Å²) >= 11 is 5.84. The third kappa shape index (κ3) is 6.51. The van der Waals surface area contributed by atoms with E-state index in [0.717, 1.165) is 5.82 Å². The van der Waals surface area contributed by atoms with Crippen molar-refractivity contribution in [1.29, 1.82) is 0 Å². The Hall–Kier alpha value is -3.59. The highest BCUT2D eigenvalue weighted by Crippen LogP contribution is 2.18. The van der Waals surface area contributed by atoms with E-state index in [-0.39, 0.29) is 18.3 Å². The lowest BCUT2D eigenvalue weighted by atomic mass is 10.2. The molecule has 3 aromatic rings. The zero-order valence-electron chi connectivity index (χ0n) is 20.0. The van der Waals surface area contributed by atoms with Gasteiger partial charge in [0, 0.05) is 44.6 Å². The van der Waals surface area contributed by atoms with Crippen LogP contribution in [0.5, 0.6) is 5.75 Å². The molecule has 0 spiro atoms. The molecule has 3 aromatic heterocycles. The maximum absolute atomic E-state index is 12.6. The fourth-order valence-corrected chi connectivity index (χ4v) is 3.68. The summed E-state index contributed by atoms with van der Waals surface area (Å²) in [6, 6.07) is 10.4. The predicted octanol–water partition coefficient (Wildman–Crippen LogP) is 3.92. The van der Waals surface area contributed by atoms with E-state index in [4.69, 9.17) is 21.1 Å². The van der Waals surface area contributed by atoms with Crippen LogP contribution in [0.4, 0.5) is 10.6 Å². The summed E-state index contributed by atoms with van der Waals surface area (Å²) in [6.07, 6.45) is 4.57. The Bertz CT molecular complexity index is 1210. The number of ether oxygens (including phenoxy) is 2. The number of anilines is 1. The molecule has 0 aromatic carbocycles. The first kappa shape index (κ1) is 24.5. The number of amides is 1. The SMILES string of the molecule is CC(C)(C)OC(=O)N1CCN(c2ccc(-n3ccc(OCc4ccc(Cl)cn4)cc3=O)cn2)CC1. The number of halogens is 1. The summed E-state index contributed by atoms with van der Waals surface area (Å²) in [7, 11) is 0. The van der Waals surface area contributed by atoms with Crippen molar-refractivity contribution < 1.29 is 14.3 Å². The van der Waals surface area contributed by atoms with Crippen LogP contribution in [0.2, 0.25) is 5.02 Å². The van der Waals surface area contributed by atoms with Crippen LogP contribution < -0.4 is 15.2 Å². The topological polar surface area (TPSA) is 89.8 Å². The molecule has 0 aliphatic carbocycles. The summed E-state index contributed by atoms with van der Waals surface area (Å²) in [5.74, 6) is 1.25. The molecule has 184 valence electrons. The number of hydrogen-bond donors (Lipinski definition) is 0. The molecule has 1 aliphatic rings. The highest BCUT2D eigenvalue weighted by molar-refractivity contribution is 6.30. The van der Waals surface area contributed by atoms with Crippen molar-refractivity contribution in [3.8, 4) is 11.4 Å². The van der Waals surface area contributed by atoms with Crippen molar-refractivity contribution in [3.05, 3.63) is 76.1 Å². The van der Waals surface area contributed by atoms with E-state index < -0.39 is 5.60 Å². The molecule has 0 bridgehead atoms. The number of rotatable bonds is 5. The van der Waals surface area contributed by atoms with Gasteiger partial charge < -0.3 is 19.3 Å². The average Bonchev–Trinajstić information content (AvgIpc) is 2.83. The van der Waals surface area contributed by atoms with Crippen molar-refractivity contribution in [2.24, 2.45) is 0 Å². The normalized spacial score (nSPS) is 14.1. The van der Waals surface area contributed by atoms with Crippen LogP contribution in [0.25, 0.3) is 5.69 Å². The summed E-state index contributed by atoms with van der Waals surface area (Å²) < 4.78 is 12.6.